The zero-order chi connectivity index (χ0) is 11.9. The van der Waals surface area contributed by atoms with Crippen LogP contribution < -0.4 is 4.74 Å². The van der Waals surface area contributed by atoms with Crippen LogP contribution in [-0.2, 0) is 5.41 Å². The van der Waals surface area contributed by atoms with E-state index < -0.39 is 0 Å². The number of benzene rings is 1. The van der Waals surface area contributed by atoms with E-state index in [1.54, 1.807) is 7.11 Å². The van der Waals surface area contributed by atoms with Gasteiger partial charge in [0.1, 0.15) is 5.75 Å². The molecule has 17 heavy (non-hydrogen) atoms. The average Bonchev–Trinajstić information content (AvgIpc) is 2.99. The maximum atomic E-state index is 9.67. The topological polar surface area (TPSA) is 33.0 Å². The first-order valence-electron chi connectivity index (χ1n) is 6.03. The third-order valence-corrected chi connectivity index (χ3v) is 4.18. The molecule has 3 rings (SSSR count). The Bertz CT molecular complexity index is 514. The van der Waals surface area contributed by atoms with Crippen LogP contribution in [0.15, 0.2) is 36.4 Å². The molecule has 1 saturated carbocycles. The summed E-state index contributed by atoms with van der Waals surface area (Å²) in [4.78, 5) is 0. The Morgan fingerprint density at radius 1 is 1.35 bits per heavy atom. The average molecular weight is 225 g/mol. The lowest BCUT2D eigenvalue weighted by atomic mass is 9.71. The molecule has 0 N–H and O–H groups in total. The van der Waals surface area contributed by atoms with E-state index in [4.69, 9.17) is 4.74 Å². The van der Waals surface area contributed by atoms with Gasteiger partial charge >= 0.3 is 0 Å². The van der Waals surface area contributed by atoms with Crippen LogP contribution in [0.4, 0.5) is 0 Å². The summed E-state index contributed by atoms with van der Waals surface area (Å²) in [6.07, 6.45) is 6.52. The molecule has 2 heteroatoms. The predicted molar refractivity (Wildman–Crippen MR) is 65.6 cm³/mol. The minimum atomic E-state index is -0.369. The summed E-state index contributed by atoms with van der Waals surface area (Å²) in [6.45, 7) is 0. The first-order chi connectivity index (χ1) is 8.30. The molecule has 2 nitrogen and oxygen atoms in total. The van der Waals surface area contributed by atoms with E-state index in [9.17, 15) is 5.26 Å². The fourth-order valence-electron chi connectivity index (χ4n) is 3.37. The Balaban J connectivity index is 2.13. The highest BCUT2D eigenvalue weighted by Gasteiger charge is 2.51. The fraction of sp³-hybridized carbons (Fsp3) is 0.400. The van der Waals surface area contributed by atoms with Crippen LogP contribution in [0.2, 0.25) is 0 Å². The Hall–Kier alpha value is -1.75. The van der Waals surface area contributed by atoms with Crippen molar-refractivity contribution >= 4 is 0 Å². The maximum absolute atomic E-state index is 9.67. The monoisotopic (exact) mass is 225 g/mol. The zero-order valence-electron chi connectivity index (χ0n) is 9.89. The van der Waals surface area contributed by atoms with Gasteiger partial charge in [0, 0.05) is 11.5 Å². The number of fused-ring (bicyclic) bond motifs is 2. The summed E-state index contributed by atoms with van der Waals surface area (Å²) >= 11 is 0. The molecule has 2 aliphatic rings. The van der Waals surface area contributed by atoms with Gasteiger partial charge in [-0.25, -0.2) is 0 Å². The van der Waals surface area contributed by atoms with Gasteiger partial charge in [-0.2, -0.15) is 5.26 Å². The molecular weight excluding hydrogens is 210 g/mol. The summed E-state index contributed by atoms with van der Waals surface area (Å²) in [7, 11) is 1.67. The molecule has 1 aromatic carbocycles. The molecule has 1 fully saturated rings. The summed E-state index contributed by atoms with van der Waals surface area (Å²) in [5.41, 5.74) is 0.688. The quantitative estimate of drug-likeness (QED) is 0.725. The van der Waals surface area contributed by atoms with Gasteiger partial charge in [0.25, 0.3) is 0 Å². The van der Waals surface area contributed by atoms with Gasteiger partial charge in [-0.3, -0.25) is 0 Å². The van der Waals surface area contributed by atoms with E-state index in [-0.39, 0.29) is 5.41 Å². The van der Waals surface area contributed by atoms with Crippen LogP contribution in [-0.4, -0.2) is 7.11 Å². The van der Waals surface area contributed by atoms with Crippen molar-refractivity contribution in [3.05, 3.63) is 42.0 Å². The number of allylic oxidation sites excluding steroid dienone is 2. The molecule has 86 valence electrons. The van der Waals surface area contributed by atoms with E-state index in [0.29, 0.717) is 11.8 Å². The van der Waals surface area contributed by atoms with E-state index in [1.807, 2.05) is 24.3 Å². The van der Waals surface area contributed by atoms with Gasteiger partial charge in [-0.1, -0.05) is 30.4 Å². The van der Waals surface area contributed by atoms with Crippen molar-refractivity contribution in [3.63, 3.8) is 0 Å². The number of nitriles is 1. The van der Waals surface area contributed by atoms with E-state index in [1.165, 1.54) is 0 Å². The third-order valence-electron chi connectivity index (χ3n) is 4.18. The predicted octanol–water partition coefficient (Wildman–Crippen LogP) is 3.05. The number of hydrogen-bond donors (Lipinski definition) is 0. The van der Waals surface area contributed by atoms with Gasteiger partial charge in [-0.05, 0) is 24.8 Å². The highest BCUT2D eigenvalue weighted by molar-refractivity contribution is 5.48. The summed E-state index contributed by atoms with van der Waals surface area (Å²) in [6, 6.07) is 10.5. The van der Waals surface area contributed by atoms with E-state index in [2.05, 4.69) is 18.2 Å². The SMILES string of the molecule is COc1ccccc1[C@]1(C#N)C[C@H]2C=C[C@@H]1C2. The van der Waals surface area contributed by atoms with Crippen LogP contribution in [0.3, 0.4) is 0 Å². The normalized spacial score (nSPS) is 33.6. The molecule has 0 heterocycles. The lowest BCUT2D eigenvalue weighted by molar-refractivity contribution is 0.382. The minimum absolute atomic E-state index is 0.355. The molecule has 0 aromatic heterocycles. The number of hydrogen-bond acceptors (Lipinski definition) is 2. The molecule has 3 atom stereocenters. The Labute approximate surface area is 102 Å². The smallest absolute Gasteiger partial charge is 0.123 e. The van der Waals surface area contributed by atoms with Gasteiger partial charge < -0.3 is 4.74 Å². The lowest BCUT2D eigenvalue weighted by Crippen LogP contribution is -2.29. The summed E-state index contributed by atoms with van der Waals surface area (Å²) in [5.74, 6) is 1.77. The van der Waals surface area contributed by atoms with Crippen molar-refractivity contribution in [1.82, 2.24) is 0 Å². The maximum Gasteiger partial charge on any atom is 0.123 e. The standard InChI is InChI=1S/C15H15NO/c1-17-14-5-3-2-4-13(14)15(10-16)9-11-6-7-12(15)8-11/h2-7,11-12H,8-9H2,1H3/t11-,12+,15-/m0/s1. The van der Waals surface area contributed by atoms with E-state index in [0.717, 1.165) is 24.2 Å². The first kappa shape index (κ1) is 10.4. The van der Waals surface area contributed by atoms with Crippen molar-refractivity contribution < 1.29 is 4.74 Å². The van der Waals surface area contributed by atoms with Gasteiger partial charge in [0.05, 0.1) is 18.6 Å². The second-order valence-corrected chi connectivity index (χ2v) is 4.97. The van der Waals surface area contributed by atoms with Crippen LogP contribution in [0.1, 0.15) is 18.4 Å². The summed E-state index contributed by atoms with van der Waals surface area (Å²) in [5, 5.41) is 9.67. The molecule has 0 amide bonds. The second-order valence-electron chi connectivity index (χ2n) is 4.97. The largest absolute Gasteiger partial charge is 0.496 e. The number of rotatable bonds is 2. The van der Waals surface area contributed by atoms with Crippen LogP contribution in [0, 0.1) is 23.2 Å². The Kier molecular flexibility index (Phi) is 2.22. The Morgan fingerprint density at radius 2 is 2.18 bits per heavy atom. The number of ether oxygens (including phenoxy) is 1. The number of nitrogens with zero attached hydrogens (tertiary/aromatic N) is 1. The van der Waals surface area contributed by atoms with Crippen LogP contribution >= 0.6 is 0 Å². The van der Waals surface area contributed by atoms with Gasteiger partial charge in [0.2, 0.25) is 0 Å². The highest BCUT2D eigenvalue weighted by Crippen LogP contribution is 2.54. The number of methoxy groups -OCH3 is 1. The molecule has 0 aliphatic heterocycles. The number of para-hydroxylation sites is 1. The lowest BCUT2D eigenvalue weighted by Gasteiger charge is -2.30. The van der Waals surface area contributed by atoms with Gasteiger partial charge in [0.15, 0.2) is 0 Å². The van der Waals surface area contributed by atoms with Crippen LogP contribution in [0.25, 0.3) is 0 Å². The molecule has 0 radical (unpaired) electrons. The summed E-state index contributed by atoms with van der Waals surface area (Å²) < 4.78 is 5.42. The zero-order valence-corrected chi connectivity index (χ0v) is 9.89. The second kappa shape index (κ2) is 3.63. The molecule has 0 unspecified atom stereocenters. The Morgan fingerprint density at radius 3 is 2.76 bits per heavy atom. The first-order valence-corrected chi connectivity index (χ1v) is 6.03. The van der Waals surface area contributed by atoms with Crippen molar-refractivity contribution in [2.75, 3.05) is 7.11 Å². The van der Waals surface area contributed by atoms with Gasteiger partial charge in [-0.15, -0.1) is 0 Å². The van der Waals surface area contributed by atoms with Crippen molar-refractivity contribution in [2.24, 2.45) is 11.8 Å². The fourth-order valence-corrected chi connectivity index (χ4v) is 3.37. The third kappa shape index (κ3) is 1.32. The molecule has 1 aromatic rings. The van der Waals surface area contributed by atoms with Crippen LogP contribution in [0.5, 0.6) is 5.75 Å². The van der Waals surface area contributed by atoms with Crippen molar-refractivity contribution in [2.45, 2.75) is 18.3 Å². The minimum Gasteiger partial charge on any atom is -0.496 e. The molecular formula is C15H15NO. The van der Waals surface area contributed by atoms with Crippen molar-refractivity contribution in [1.29, 1.82) is 5.26 Å². The molecule has 2 bridgehead atoms. The molecule has 2 aliphatic carbocycles. The van der Waals surface area contributed by atoms with E-state index >= 15 is 0 Å². The molecule has 0 spiro atoms. The van der Waals surface area contributed by atoms with Crippen molar-refractivity contribution in [3.8, 4) is 11.8 Å². The molecule has 0 saturated heterocycles. The highest BCUT2D eigenvalue weighted by atomic mass is 16.5.